The third kappa shape index (κ3) is 5.99. The number of nitrogens with zero attached hydrogens (tertiary/aromatic N) is 2. The van der Waals surface area contributed by atoms with Crippen LogP contribution in [0.1, 0.15) is 92.5 Å². The topological polar surface area (TPSA) is 79.9 Å². The quantitative estimate of drug-likeness (QED) is 0.373. The molecule has 1 aromatic carbocycles. The van der Waals surface area contributed by atoms with Gasteiger partial charge in [-0.15, -0.1) is 11.3 Å². The Morgan fingerprint density at radius 3 is 2.54 bits per heavy atom. The maximum atomic E-state index is 13.3. The fourth-order valence-electron chi connectivity index (χ4n) is 5.73. The Bertz CT molecular complexity index is 1230. The third-order valence-corrected chi connectivity index (χ3v) is 9.01. The summed E-state index contributed by atoms with van der Waals surface area (Å²) in [7, 11) is 0. The molecule has 1 aliphatic heterocycles. The lowest BCUT2D eigenvalue weighted by atomic mass is 9.80. The van der Waals surface area contributed by atoms with Crippen molar-refractivity contribution in [1.29, 1.82) is 0 Å². The second-order valence-corrected chi connectivity index (χ2v) is 12.8. The summed E-state index contributed by atoms with van der Waals surface area (Å²) in [6.45, 7) is 10.3. The Balaban J connectivity index is 1.52. The Morgan fingerprint density at radius 2 is 1.86 bits per heavy atom. The molecule has 37 heavy (non-hydrogen) atoms. The van der Waals surface area contributed by atoms with Gasteiger partial charge in [-0.05, 0) is 60.3 Å². The van der Waals surface area contributed by atoms with E-state index in [1.54, 1.807) is 11.3 Å². The molecule has 3 aromatic rings. The van der Waals surface area contributed by atoms with Crippen molar-refractivity contribution in [2.45, 2.75) is 90.5 Å². The zero-order chi connectivity index (χ0) is 26.0. The van der Waals surface area contributed by atoms with Crippen LogP contribution >= 0.6 is 11.3 Å². The normalized spacial score (nSPS) is 17.7. The Kier molecular flexibility index (Phi) is 7.82. The van der Waals surface area contributed by atoms with Crippen LogP contribution in [0.4, 0.5) is 0 Å². The number of H-pyrrole nitrogens is 1. The van der Waals surface area contributed by atoms with Crippen molar-refractivity contribution in [3.05, 3.63) is 46.4 Å². The number of amides is 1. The van der Waals surface area contributed by atoms with Crippen molar-refractivity contribution < 1.29 is 9.53 Å². The van der Waals surface area contributed by atoms with Crippen molar-refractivity contribution in [2.24, 2.45) is 5.92 Å². The van der Waals surface area contributed by atoms with Crippen molar-refractivity contribution in [1.82, 2.24) is 20.5 Å². The molecular weight excluding hydrogens is 480 g/mol. The first-order chi connectivity index (χ1) is 17.8. The minimum absolute atomic E-state index is 0.0465. The van der Waals surface area contributed by atoms with E-state index < -0.39 is 0 Å². The summed E-state index contributed by atoms with van der Waals surface area (Å²) < 4.78 is 5.46. The Morgan fingerprint density at radius 1 is 1.11 bits per heavy atom. The molecule has 2 aliphatic rings. The van der Waals surface area contributed by atoms with Gasteiger partial charge in [0.15, 0.2) is 5.01 Å². The smallest absolute Gasteiger partial charge is 0.280 e. The van der Waals surface area contributed by atoms with E-state index in [2.05, 4.69) is 61.4 Å². The number of carbonyl (C=O) groups is 1. The number of aryl methyl sites for hydroxylation is 1. The zero-order valence-electron chi connectivity index (χ0n) is 22.7. The van der Waals surface area contributed by atoms with Crippen LogP contribution in [0.2, 0.25) is 0 Å². The molecule has 3 heterocycles. The van der Waals surface area contributed by atoms with E-state index in [4.69, 9.17) is 9.72 Å². The summed E-state index contributed by atoms with van der Waals surface area (Å²) in [5.41, 5.74) is 6.88. The molecule has 198 valence electrons. The highest BCUT2D eigenvalue weighted by Gasteiger charge is 2.26. The molecule has 1 amide bonds. The maximum absolute atomic E-state index is 13.3. The molecule has 1 aliphatic carbocycles. The molecule has 0 spiro atoms. The van der Waals surface area contributed by atoms with Gasteiger partial charge in [-0.1, -0.05) is 65.0 Å². The fourth-order valence-corrected chi connectivity index (χ4v) is 6.72. The number of thiazole rings is 1. The highest BCUT2D eigenvalue weighted by molar-refractivity contribution is 7.17. The van der Waals surface area contributed by atoms with E-state index in [0.717, 1.165) is 46.7 Å². The minimum atomic E-state index is -0.0491. The van der Waals surface area contributed by atoms with Crippen molar-refractivity contribution in [3.8, 4) is 21.6 Å². The molecule has 1 saturated heterocycles. The summed E-state index contributed by atoms with van der Waals surface area (Å²) in [4.78, 5) is 19.4. The van der Waals surface area contributed by atoms with Gasteiger partial charge < -0.3 is 10.1 Å². The number of ether oxygens (including phenoxy) is 1. The average Bonchev–Trinajstić information content (AvgIpc) is 3.51. The Labute approximate surface area is 224 Å². The summed E-state index contributed by atoms with van der Waals surface area (Å²) >= 11 is 1.55. The highest BCUT2D eigenvalue weighted by Crippen LogP contribution is 2.40. The number of carbonyl (C=O) groups excluding carboxylic acids is 1. The summed E-state index contributed by atoms with van der Waals surface area (Å²) in [6.07, 6.45) is 11.0. The SMILES string of the molecule is Cc1[nH]ncc1-c1ccc(-c2sc(C(=O)NC3CCOCC3)nc2CC2CCCCC2)cc1C(C)(C)C. The third-order valence-electron chi connectivity index (χ3n) is 7.86. The number of aromatic nitrogens is 3. The number of rotatable bonds is 6. The van der Waals surface area contributed by atoms with Crippen LogP contribution < -0.4 is 5.32 Å². The summed E-state index contributed by atoms with van der Waals surface area (Å²) in [5, 5.41) is 11.2. The highest BCUT2D eigenvalue weighted by atomic mass is 32.1. The molecule has 0 bridgehead atoms. The average molecular weight is 521 g/mol. The molecule has 5 rings (SSSR count). The lowest BCUT2D eigenvalue weighted by Crippen LogP contribution is -2.38. The van der Waals surface area contributed by atoms with E-state index >= 15 is 0 Å². The van der Waals surface area contributed by atoms with Gasteiger partial charge in [-0.3, -0.25) is 9.89 Å². The predicted octanol–water partition coefficient (Wildman–Crippen LogP) is 6.84. The van der Waals surface area contributed by atoms with Gasteiger partial charge in [0.1, 0.15) is 0 Å². The van der Waals surface area contributed by atoms with Crippen LogP contribution in [-0.4, -0.2) is 40.3 Å². The van der Waals surface area contributed by atoms with Crippen LogP contribution in [0.3, 0.4) is 0 Å². The van der Waals surface area contributed by atoms with Crippen molar-refractivity contribution in [3.63, 3.8) is 0 Å². The largest absolute Gasteiger partial charge is 0.381 e. The predicted molar refractivity (Wildman–Crippen MR) is 150 cm³/mol. The van der Waals surface area contributed by atoms with Gasteiger partial charge in [0.05, 0.1) is 16.8 Å². The lowest BCUT2D eigenvalue weighted by molar-refractivity contribution is 0.0696. The molecule has 2 fully saturated rings. The monoisotopic (exact) mass is 520 g/mol. The number of aromatic amines is 1. The van der Waals surface area contributed by atoms with Crippen LogP contribution in [0.5, 0.6) is 0 Å². The molecule has 6 nitrogen and oxygen atoms in total. The van der Waals surface area contributed by atoms with Gasteiger partial charge >= 0.3 is 0 Å². The van der Waals surface area contributed by atoms with Crippen LogP contribution in [-0.2, 0) is 16.6 Å². The first kappa shape index (κ1) is 26.1. The van der Waals surface area contributed by atoms with Crippen LogP contribution in [0, 0.1) is 12.8 Å². The Hall–Kier alpha value is -2.51. The van der Waals surface area contributed by atoms with E-state index in [1.807, 2.05) is 6.20 Å². The van der Waals surface area contributed by atoms with Crippen LogP contribution in [0.15, 0.2) is 24.4 Å². The second kappa shape index (κ2) is 11.1. The number of nitrogens with one attached hydrogen (secondary N) is 2. The fraction of sp³-hybridized carbons (Fsp3) is 0.567. The van der Waals surface area contributed by atoms with Gasteiger partial charge in [0.25, 0.3) is 5.91 Å². The van der Waals surface area contributed by atoms with E-state index in [1.165, 1.54) is 43.2 Å². The van der Waals surface area contributed by atoms with E-state index in [9.17, 15) is 4.79 Å². The van der Waals surface area contributed by atoms with Crippen LogP contribution in [0.25, 0.3) is 21.6 Å². The number of benzene rings is 1. The molecule has 0 unspecified atom stereocenters. The minimum Gasteiger partial charge on any atom is -0.381 e. The maximum Gasteiger partial charge on any atom is 0.280 e. The second-order valence-electron chi connectivity index (χ2n) is 11.8. The van der Waals surface area contributed by atoms with Crippen molar-refractivity contribution in [2.75, 3.05) is 13.2 Å². The molecular formula is C30H40N4O2S. The number of hydrogen-bond donors (Lipinski definition) is 2. The van der Waals surface area contributed by atoms with E-state index in [0.29, 0.717) is 24.1 Å². The van der Waals surface area contributed by atoms with E-state index in [-0.39, 0.29) is 17.4 Å². The summed E-state index contributed by atoms with van der Waals surface area (Å²) in [5.74, 6) is 0.602. The van der Waals surface area contributed by atoms with Crippen molar-refractivity contribution >= 4 is 17.2 Å². The molecule has 0 radical (unpaired) electrons. The molecule has 2 N–H and O–H groups in total. The number of hydrogen-bond acceptors (Lipinski definition) is 5. The molecule has 7 heteroatoms. The zero-order valence-corrected chi connectivity index (χ0v) is 23.5. The summed E-state index contributed by atoms with van der Waals surface area (Å²) in [6, 6.07) is 6.91. The molecule has 1 saturated carbocycles. The first-order valence-electron chi connectivity index (χ1n) is 13.8. The lowest BCUT2D eigenvalue weighted by Gasteiger charge is -2.24. The van der Waals surface area contributed by atoms with Gasteiger partial charge in [-0.25, -0.2) is 4.98 Å². The van der Waals surface area contributed by atoms with Gasteiger partial charge in [-0.2, -0.15) is 5.10 Å². The molecule has 2 aromatic heterocycles. The standard InChI is InChI=1S/C30H40N4O2S/c1-19-24(18-31-34-19)23-11-10-21(17-25(23)30(2,3)4)27-26(16-20-8-6-5-7-9-20)33-29(37-27)28(35)32-22-12-14-36-15-13-22/h10-11,17-18,20,22H,5-9,12-16H2,1-4H3,(H,31,34)(H,32,35). The molecule has 0 atom stereocenters. The van der Waals surface area contributed by atoms with Gasteiger partial charge in [0, 0.05) is 30.5 Å². The van der Waals surface area contributed by atoms with Gasteiger partial charge in [0.2, 0.25) is 0 Å². The first-order valence-corrected chi connectivity index (χ1v) is 14.6.